The Hall–Kier alpha value is -3.18. The normalized spacial score (nSPS) is 11.4. The van der Waals surface area contributed by atoms with Gasteiger partial charge in [-0.2, -0.15) is 4.99 Å². The molecule has 0 aliphatic rings. The first-order chi connectivity index (χ1) is 13.0. The third kappa shape index (κ3) is 3.55. The molecule has 0 spiro atoms. The summed E-state index contributed by atoms with van der Waals surface area (Å²) in [6.07, 6.45) is 5.36. The molecule has 0 saturated carbocycles. The third-order valence-corrected chi connectivity index (χ3v) is 4.80. The van der Waals surface area contributed by atoms with Gasteiger partial charge < -0.3 is 14.0 Å². The molecule has 5 nitrogen and oxygen atoms in total. The number of methoxy groups -OCH3 is 2. The van der Waals surface area contributed by atoms with Gasteiger partial charge in [0.1, 0.15) is 17.3 Å². The van der Waals surface area contributed by atoms with Crippen LogP contribution in [0.4, 0.5) is 8.78 Å². The molecule has 3 rings (SSSR count). The molecule has 1 aromatic heterocycles. The third-order valence-electron chi connectivity index (χ3n) is 3.78. The van der Waals surface area contributed by atoms with Gasteiger partial charge in [-0.3, -0.25) is 4.79 Å². The number of carbonyl (C=O) groups excluding carboxylic acids is 1. The zero-order chi connectivity index (χ0) is 19.6. The predicted octanol–water partition coefficient (Wildman–Crippen LogP) is 3.37. The van der Waals surface area contributed by atoms with Crippen molar-refractivity contribution in [3.63, 3.8) is 0 Å². The summed E-state index contributed by atoms with van der Waals surface area (Å²) < 4.78 is 39.7. The Kier molecular flexibility index (Phi) is 5.23. The number of fused-ring (bicyclic) bond motifs is 1. The van der Waals surface area contributed by atoms with E-state index >= 15 is 0 Å². The fraction of sp³-hybridized carbons (Fsp3) is 0.158. The second kappa shape index (κ2) is 7.60. The van der Waals surface area contributed by atoms with Crippen molar-refractivity contribution in [1.82, 2.24) is 4.57 Å². The average Bonchev–Trinajstić information content (AvgIpc) is 2.98. The second-order valence-corrected chi connectivity index (χ2v) is 6.40. The van der Waals surface area contributed by atoms with Crippen molar-refractivity contribution in [3.05, 3.63) is 52.3 Å². The van der Waals surface area contributed by atoms with Gasteiger partial charge >= 0.3 is 0 Å². The molecular formula is C19H14F2N2O3S. The van der Waals surface area contributed by atoms with Crippen LogP contribution in [-0.2, 0) is 6.54 Å². The molecule has 0 fully saturated rings. The number of nitrogens with zero attached hydrogens (tertiary/aromatic N) is 2. The highest BCUT2D eigenvalue weighted by Gasteiger charge is 2.16. The summed E-state index contributed by atoms with van der Waals surface area (Å²) in [5.41, 5.74) is 0.275. The molecule has 2 aromatic carbocycles. The lowest BCUT2D eigenvalue weighted by atomic mass is 10.2. The lowest BCUT2D eigenvalue weighted by molar-refractivity contribution is 0.0994. The maximum atomic E-state index is 14.2. The number of rotatable bonds is 4. The zero-order valence-electron chi connectivity index (χ0n) is 14.5. The first kappa shape index (κ1) is 18.6. The number of ether oxygens (including phenoxy) is 2. The predicted molar refractivity (Wildman–Crippen MR) is 98.0 cm³/mol. The van der Waals surface area contributed by atoms with Crippen molar-refractivity contribution >= 4 is 27.5 Å². The van der Waals surface area contributed by atoms with Crippen LogP contribution >= 0.6 is 11.3 Å². The zero-order valence-corrected chi connectivity index (χ0v) is 15.3. The number of benzene rings is 2. The highest BCUT2D eigenvalue weighted by Crippen LogP contribution is 2.25. The van der Waals surface area contributed by atoms with E-state index < -0.39 is 17.5 Å². The molecule has 3 aromatic rings. The van der Waals surface area contributed by atoms with Gasteiger partial charge in [0.15, 0.2) is 10.6 Å². The van der Waals surface area contributed by atoms with Gasteiger partial charge in [-0.25, -0.2) is 8.78 Å². The number of terminal acetylenes is 1. The van der Waals surface area contributed by atoms with Gasteiger partial charge in [0.05, 0.1) is 36.5 Å². The van der Waals surface area contributed by atoms with Gasteiger partial charge in [-0.15, -0.1) is 6.42 Å². The quantitative estimate of drug-likeness (QED) is 0.644. The van der Waals surface area contributed by atoms with E-state index in [4.69, 9.17) is 15.9 Å². The lowest BCUT2D eigenvalue weighted by Gasteiger charge is -2.07. The van der Waals surface area contributed by atoms with Crippen molar-refractivity contribution in [2.24, 2.45) is 4.99 Å². The molecule has 0 bridgehead atoms. The van der Waals surface area contributed by atoms with Crippen LogP contribution in [0.3, 0.4) is 0 Å². The van der Waals surface area contributed by atoms with E-state index in [9.17, 15) is 13.6 Å². The summed E-state index contributed by atoms with van der Waals surface area (Å²) in [5.74, 6) is 1.04. The number of hydrogen-bond donors (Lipinski definition) is 0. The highest BCUT2D eigenvalue weighted by molar-refractivity contribution is 7.16. The van der Waals surface area contributed by atoms with Crippen molar-refractivity contribution in [1.29, 1.82) is 0 Å². The van der Waals surface area contributed by atoms with Crippen LogP contribution in [-0.4, -0.2) is 24.7 Å². The van der Waals surface area contributed by atoms with Crippen molar-refractivity contribution < 1.29 is 23.0 Å². The van der Waals surface area contributed by atoms with E-state index in [-0.39, 0.29) is 22.4 Å². The molecule has 0 saturated heterocycles. The number of aromatic nitrogens is 1. The summed E-state index contributed by atoms with van der Waals surface area (Å²) in [6.45, 7) is -0.0239. The smallest absolute Gasteiger partial charge is 0.283 e. The van der Waals surface area contributed by atoms with Crippen LogP contribution in [0, 0.1) is 24.0 Å². The topological polar surface area (TPSA) is 52.8 Å². The largest absolute Gasteiger partial charge is 0.497 e. The first-order valence-electron chi connectivity index (χ1n) is 7.71. The summed E-state index contributed by atoms with van der Waals surface area (Å²) >= 11 is 0.966. The number of hydrogen-bond acceptors (Lipinski definition) is 4. The minimum absolute atomic E-state index is 0.0239. The fourth-order valence-electron chi connectivity index (χ4n) is 2.58. The molecule has 0 unspecified atom stereocenters. The van der Waals surface area contributed by atoms with E-state index in [1.54, 1.807) is 12.1 Å². The average molecular weight is 388 g/mol. The molecule has 0 aliphatic heterocycles. The van der Waals surface area contributed by atoms with Crippen LogP contribution in [0.15, 0.2) is 35.3 Å². The number of thiazole rings is 1. The Morgan fingerprint density at radius 2 is 2.04 bits per heavy atom. The molecule has 8 heteroatoms. The number of carbonyl (C=O) groups is 1. The Bertz CT molecular complexity index is 1140. The Labute approximate surface area is 157 Å². The van der Waals surface area contributed by atoms with Crippen LogP contribution in [0.25, 0.3) is 10.2 Å². The standard InChI is InChI=1S/C19H14F2N2O3S/c1-4-7-23-17-14(21)8-11(20)9-16(17)27-19(23)22-18(24)13-10-12(25-2)5-6-15(13)26-3/h1,5-6,8-10H,7H2,2-3H3. The van der Waals surface area contributed by atoms with Gasteiger partial charge in [0, 0.05) is 6.07 Å². The molecule has 0 N–H and O–H groups in total. The number of halogens is 2. The minimum Gasteiger partial charge on any atom is -0.497 e. The second-order valence-electron chi connectivity index (χ2n) is 5.39. The molecule has 0 atom stereocenters. The number of amides is 1. The van der Waals surface area contributed by atoms with Crippen molar-refractivity contribution in [2.75, 3.05) is 14.2 Å². The van der Waals surface area contributed by atoms with E-state index in [0.717, 1.165) is 17.4 Å². The van der Waals surface area contributed by atoms with Gasteiger partial charge in [-0.05, 0) is 24.3 Å². The molecule has 0 radical (unpaired) electrons. The molecule has 1 amide bonds. The van der Waals surface area contributed by atoms with Crippen LogP contribution in [0.5, 0.6) is 11.5 Å². The van der Waals surface area contributed by atoms with Gasteiger partial charge in [0.2, 0.25) is 0 Å². The van der Waals surface area contributed by atoms with E-state index in [0.29, 0.717) is 16.2 Å². The Morgan fingerprint density at radius 1 is 1.26 bits per heavy atom. The molecule has 0 aliphatic carbocycles. The molecular weight excluding hydrogens is 374 g/mol. The first-order valence-corrected chi connectivity index (χ1v) is 8.53. The maximum Gasteiger partial charge on any atom is 0.283 e. The molecule has 27 heavy (non-hydrogen) atoms. The monoisotopic (exact) mass is 388 g/mol. The van der Waals surface area contributed by atoms with Crippen molar-refractivity contribution in [3.8, 4) is 23.8 Å². The minimum atomic E-state index is -0.774. The van der Waals surface area contributed by atoms with Crippen LogP contribution in [0.2, 0.25) is 0 Å². The van der Waals surface area contributed by atoms with E-state index in [2.05, 4.69) is 10.9 Å². The van der Waals surface area contributed by atoms with E-state index in [1.165, 1.54) is 30.9 Å². The van der Waals surface area contributed by atoms with Gasteiger partial charge in [-0.1, -0.05) is 17.3 Å². The molecule has 1 heterocycles. The maximum absolute atomic E-state index is 14.2. The van der Waals surface area contributed by atoms with E-state index in [1.807, 2.05) is 0 Å². The Morgan fingerprint density at radius 3 is 2.70 bits per heavy atom. The summed E-state index contributed by atoms with van der Waals surface area (Å²) in [5, 5.41) is 0. The summed E-state index contributed by atoms with van der Waals surface area (Å²) in [7, 11) is 2.89. The Balaban J connectivity index is 2.22. The highest BCUT2D eigenvalue weighted by atomic mass is 32.1. The van der Waals surface area contributed by atoms with Crippen LogP contribution < -0.4 is 14.3 Å². The fourth-order valence-corrected chi connectivity index (χ4v) is 3.65. The molecule has 138 valence electrons. The SMILES string of the molecule is C#CCn1c(=NC(=O)c2cc(OC)ccc2OC)sc2cc(F)cc(F)c21. The van der Waals surface area contributed by atoms with Crippen molar-refractivity contribution in [2.45, 2.75) is 6.54 Å². The summed E-state index contributed by atoms with van der Waals surface area (Å²) in [6, 6.07) is 6.65. The van der Waals surface area contributed by atoms with Crippen LogP contribution in [0.1, 0.15) is 10.4 Å². The summed E-state index contributed by atoms with van der Waals surface area (Å²) in [4.78, 5) is 16.9. The lowest BCUT2D eigenvalue weighted by Crippen LogP contribution is -2.17. The van der Waals surface area contributed by atoms with Gasteiger partial charge in [0.25, 0.3) is 5.91 Å².